The molecule has 0 saturated heterocycles. The molecule has 0 aliphatic rings. The second-order valence-corrected chi connectivity index (χ2v) is 7.20. The Labute approximate surface area is 168 Å². The average molecular weight is 405 g/mol. The van der Waals surface area contributed by atoms with Gasteiger partial charge in [0.2, 0.25) is 0 Å². The Hall–Kier alpha value is -2.08. The first-order valence-corrected chi connectivity index (χ1v) is 9.20. The molecule has 0 bridgehead atoms. The van der Waals surface area contributed by atoms with Crippen LogP contribution in [0, 0.1) is 13.8 Å². The Morgan fingerprint density at radius 3 is 2.65 bits per heavy atom. The fourth-order valence-corrected chi connectivity index (χ4v) is 3.03. The lowest BCUT2D eigenvalue weighted by Gasteiger charge is -2.12. The van der Waals surface area contributed by atoms with Crippen molar-refractivity contribution in [2.24, 2.45) is 0 Å². The van der Waals surface area contributed by atoms with E-state index in [1.54, 1.807) is 6.07 Å². The summed E-state index contributed by atoms with van der Waals surface area (Å²) in [6, 6.07) is 13.5. The Bertz CT molecular complexity index is 952. The van der Waals surface area contributed by atoms with Crippen molar-refractivity contribution in [3.63, 3.8) is 0 Å². The second kappa shape index (κ2) is 8.08. The van der Waals surface area contributed by atoms with E-state index in [4.69, 9.17) is 35.4 Å². The zero-order valence-electron chi connectivity index (χ0n) is 14.4. The van der Waals surface area contributed by atoms with E-state index in [1.807, 2.05) is 41.2 Å². The molecule has 3 aromatic rings. The maximum atomic E-state index is 6.06. The van der Waals surface area contributed by atoms with E-state index in [0.29, 0.717) is 27.5 Å². The summed E-state index contributed by atoms with van der Waals surface area (Å²) in [6.07, 6.45) is 1.88. The molecule has 0 radical (unpaired) electrons. The van der Waals surface area contributed by atoms with Crippen molar-refractivity contribution in [2.75, 3.05) is 10.6 Å². The van der Waals surface area contributed by atoms with Gasteiger partial charge in [-0.25, -0.2) is 0 Å². The molecule has 134 valence electrons. The minimum Gasteiger partial charge on any atom is -0.332 e. The summed E-state index contributed by atoms with van der Waals surface area (Å²) in [4.78, 5) is 0. The van der Waals surface area contributed by atoms with Crippen LogP contribution in [0.2, 0.25) is 10.0 Å². The fourth-order valence-electron chi connectivity index (χ4n) is 2.50. The first-order valence-electron chi connectivity index (χ1n) is 8.04. The maximum Gasteiger partial charge on any atom is 0.176 e. The lowest BCUT2D eigenvalue weighted by atomic mass is 10.1. The van der Waals surface area contributed by atoms with Gasteiger partial charge in [-0.15, -0.1) is 0 Å². The Morgan fingerprint density at radius 1 is 1.08 bits per heavy atom. The smallest absolute Gasteiger partial charge is 0.176 e. The molecule has 0 unspecified atom stereocenters. The van der Waals surface area contributed by atoms with E-state index in [-0.39, 0.29) is 0 Å². The molecule has 0 aliphatic heterocycles. The number of nitrogens with one attached hydrogen (secondary N) is 2. The van der Waals surface area contributed by atoms with E-state index in [0.717, 1.165) is 11.3 Å². The van der Waals surface area contributed by atoms with E-state index in [9.17, 15) is 0 Å². The summed E-state index contributed by atoms with van der Waals surface area (Å²) in [6.45, 7) is 4.73. The van der Waals surface area contributed by atoms with Gasteiger partial charge in [-0.3, -0.25) is 4.68 Å². The molecule has 2 N–H and O–H groups in total. The van der Waals surface area contributed by atoms with Crippen LogP contribution >= 0.6 is 35.4 Å². The zero-order chi connectivity index (χ0) is 18.7. The normalized spacial score (nSPS) is 10.6. The van der Waals surface area contributed by atoms with Crippen LogP contribution in [0.1, 0.15) is 16.7 Å². The predicted molar refractivity (Wildman–Crippen MR) is 114 cm³/mol. The van der Waals surface area contributed by atoms with Gasteiger partial charge in [0.05, 0.1) is 16.6 Å². The van der Waals surface area contributed by atoms with Gasteiger partial charge in [0.1, 0.15) is 0 Å². The third kappa shape index (κ3) is 4.55. The summed E-state index contributed by atoms with van der Waals surface area (Å²) in [5.41, 5.74) is 4.38. The van der Waals surface area contributed by atoms with Crippen molar-refractivity contribution in [3.8, 4) is 0 Å². The molecule has 1 aromatic heterocycles. The van der Waals surface area contributed by atoms with E-state index < -0.39 is 0 Å². The molecule has 0 atom stereocenters. The van der Waals surface area contributed by atoms with Crippen LogP contribution in [0.4, 0.5) is 11.5 Å². The van der Waals surface area contributed by atoms with Gasteiger partial charge in [0.25, 0.3) is 0 Å². The average Bonchev–Trinajstić information content (AvgIpc) is 3.02. The van der Waals surface area contributed by atoms with Crippen LogP contribution in [0.5, 0.6) is 0 Å². The molecule has 0 aliphatic carbocycles. The molecule has 0 saturated carbocycles. The molecule has 26 heavy (non-hydrogen) atoms. The summed E-state index contributed by atoms with van der Waals surface area (Å²) in [7, 11) is 0. The predicted octanol–water partition coefficient (Wildman–Crippen LogP) is 5.66. The number of aromatic nitrogens is 2. The number of hydrogen-bond acceptors (Lipinski definition) is 2. The summed E-state index contributed by atoms with van der Waals surface area (Å²) in [5.74, 6) is 0.674. The third-order valence-corrected chi connectivity index (χ3v) is 5.01. The molecular formula is C19H18Cl2N4S. The molecule has 7 heteroatoms. The highest BCUT2D eigenvalue weighted by molar-refractivity contribution is 7.80. The highest BCUT2D eigenvalue weighted by Gasteiger charge is 2.06. The van der Waals surface area contributed by atoms with Crippen molar-refractivity contribution >= 4 is 52.0 Å². The molecule has 4 nitrogen and oxygen atoms in total. The van der Waals surface area contributed by atoms with Crippen molar-refractivity contribution in [1.29, 1.82) is 0 Å². The van der Waals surface area contributed by atoms with E-state index in [1.165, 1.54) is 11.1 Å². The van der Waals surface area contributed by atoms with Crippen LogP contribution in [0.25, 0.3) is 0 Å². The van der Waals surface area contributed by atoms with Gasteiger partial charge in [-0.05, 0) is 61.0 Å². The van der Waals surface area contributed by atoms with Crippen LogP contribution in [0.3, 0.4) is 0 Å². The first-order chi connectivity index (χ1) is 12.4. The zero-order valence-corrected chi connectivity index (χ0v) is 16.7. The highest BCUT2D eigenvalue weighted by atomic mass is 35.5. The largest absolute Gasteiger partial charge is 0.332 e. The lowest BCUT2D eigenvalue weighted by molar-refractivity contribution is 0.690. The van der Waals surface area contributed by atoms with Crippen LogP contribution in [-0.2, 0) is 6.54 Å². The van der Waals surface area contributed by atoms with Crippen LogP contribution in [0.15, 0.2) is 48.7 Å². The number of thiocarbonyl (C=S) groups is 1. The lowest BCUT2D eigenvalue weighted by Crippen LogP contribution is -2.20. The van der Waals surface area contributed by atoms with Crippen molar-refractivity contribution < 1.29 is 0 Å². The number of hydrogen-bond donors (Lipinski definition) is 2. The Balaban J connectivity index is 1.63. The van der Waals surface area contributed by atoms with Gasteiger partial charge in [0, 0.05) is 18.0 Å². The highest BCUT2D eigenvalue weighted by Crippen LogP contribution is 2.23. The fraction of sp³-hybridized carbons (Fsp3) is 0.158. The van der Waals surface area contributed by atoms with Gasteiger partial charge in [0.15, 0.2) is 10.9 Å². The molecule has 0 fully saturated rings. The minimum atomic E-state index is 0.499. The Morgan fingerprint density at radius 2 is 1.88 bits per heavy atom. The molecule has 0 amide bonds. The minimum absolute atomic E-state index is 0.499. The SMILES string of the molecule is Cc1cccc(NC(=S)Nc2ccn(Cc3ccc(Cl)c(Cl)c3)n2)c1C. The first kappa shape index (κ1) is 18.7. The number of halogens is 2. The van der Waals surface area contributed by atoms with Crippen molar-refractivity contribution in [2.45, 2.75) is 20.4 Å². The standard InChI is InChI=1S/C19H18Cl2N4S/c1-12-4-3-5-17(13(12)2)22-19(26)23-18-8-9-25(24-18)11-14-6-7-15(20)16(21)10-14/h3-10H,11H2,1-2H3,(H2,22,23,24,26). The number of benzene rings is 2. The Kier molecular flexibility index (Phi) is 5.81. The topological polar surface area (TPSA) is 41.9 Å². The molecule has 0 spiro atoms. The van der Waals surface area contributed by atoms with Gasteiger partial charge in [-0.2, -0.15) is 5.10 Å². The van der Waals surface area contributed by atoms with E-state index in [2.05, 4.69) is 35.6 Å². The molecule has 3 rings (SSSR count). The van der Waals surface area contributed by atoms with E-state index >= 15 is 0 Å². The monoisotopic (exact) mass is 404 g/mol. The summed E-state index contributed by atoms with van der Waals surface area (Å²) < 4.78 is 1.81. The van der Waals surface area contributed by atoms with Crippen LogP contribution < -0.4 is 10.6 Å². The molecule has 2 aromatic carbocycles. The number of rotatable bonds is 4. The van der Waals surface area contributed by atoms with Gasteiger partial charge < -0.3 is 10.6 Å². The molecule has 1 heterocycles. The van der Waals surface area contributed by atoms with Crippen molar-refractivity contribution in [1.82, 2.24) is 9.78 Å². The van der Waals surface area contributed by atoms with Crippen LogP contribution in [-0.4, -0.2) is 14.9 Å². The third-order valence-electron chi connectivity index (χ3n) is 4.06. The number of anilines is 2. The quantitative estimate of drug-likeness (QED) is 0.550. The van der Waals surface area contributed by atoms with Crippen molar-refractivity contribution in [3.05, 3.63) is 75.4 Å². The summed E-state index contributed by atoms with van der Waals surface area (Å²) >= 11 is 17.4. The van der Waals surface area contributed by atoms with Gasteiger partial charge >= 0.3 is 0 Å². The maximum absolute atomic E-state index is 6.06. The summed E-state index contributed by atoms with van der Waals surface area (Å²) in [5, 5.41) is 12.4. The number of nitrogens with zero attached hydrogens (tertiary/aromatic N) is 2. The molecular weight excluding hydrogens is 387 g/mol. The van der Waals surface area contributed by atoms with Gasteiger partial charge in [-0.1, -0.05) is 41.4 Å². The second-order valence-electron chi connectivity index (χ2n) is 5.97. The number of aryl methyl sites for hydroxylation is 1.